The Bertz CT molecular complexity index is 1300. The van der Waals surface area contributed by atoms with Gasteiger partial charge >= 0.3 is 0 Å². The van der Waals surface area contributed by atoms with Crippen LogP contribution in [0.5, 0.6) is 0 Å². The number of fused-ring (bicyclic) bond motifs is 5. The lowest BCUT2D eigenvalue weighted by Crippen LogP contribution is -2.31. The first kappa shape index (κ1) is 12.4. The zero-order valence-electron chi connectivity index (χ0n) is 18.0. The molecule has 0 radical (unpaired) electrons. The number of aryl methyl sites for hydroxylation is 2. The summed E-state index contributed by atoms with van der Waals surface area (Å²) in [6.07, 6.45) is 2.30. The highest BCUT2D eigenvalue weighted by molar-refractivity contribution is 5.82. The first-order valence-corrected chi connectivity index (χ1v) is 8.72. The maximum Gasteiger partial charge on any atom is 0.286 e. The monoisotopic (exact) mass is 344 g/mol. The van der Waals surface area contributed by atoms with Crippen LogP contribution >= 0.6 is 0 Å². The molecule has 3 heterocycles. The molecule has 0 fully saturated rings. The Morgan fingerprint density at radius 3 is 2.85 bits per heavy atom. The van der Waals surface area contributed by atoms with E-state index in [0.29, 0.717) is 12.0 Å². The predicted molar refractivity (Wildman–Crippen MR) is 102 cm³/mol. The van der Waals surface area contributed by atoms with Crippen molar-refractivity contribution in [3.8, 4) is 16.9 Å². The lowest BCUT2D eigenvalue weighted by molar-refractivity contribution is -0.663. The van der Waals surface area contributed by atoms with E-state index < -0.39 is 6.85 Å². The second-order valence-electron chi connectivity index (χ2n) is 6.98. The lowest BCUT2D eigenvalue weighted by Gasteiger charge is -2.15. The molecule has 128 valence electrons. The summed E-state index contributed by atoms with van der Waals surface area (Å²) >= 11 is 0. The van der Waals surface area contributed by atoms with E-state index >= 15 is 0 Å². The predicted octanol–water partition coefficient (Wildman–Crippen LogP) is 3.74. The molecule has 0 unspecified atom stereocenters. The number of aromatic nitrogens is 4. The van der Waals surface area contributed by atoms with Crippen LogP contribution in [0.25, 0.3) is 28.0 Å². The van der Waals surface area contributed by atoms with Crippen molar-refractivity contribution in [3.05, 3.63) is 70.9 Å². The second kappa shape index (κ2) is 5.24. The average Bonchev–Trinajstić information content (AvgIpc) is 3.17. The summed E-state index contributed by atoms with van der Waals surface area (Å²) in [6.45, 7) is 1.65. The molecule has 4 heteroatoms. The molecule has 0 saturated carbocycles. The van der Waals surface area contributed by atoms with Crippen molar-refractivity contribution in [2.45, 2.75) is 27.1 Å². The zero-order valence-corrected chi connectivity index (χ0v) is 15.0. The Morgan fingerprint density at radius 2 is 2.00 bits per heavy atom. The maximum atomic E-state index is 8.24. The highest BCUT2D eigenvalue weighted by Gasteiger charge is 2.27. The topological polar surface area (TPSA) is 34.6 Å². The van der Waals surface area contributed by atoms with E-state index in [1.807, 2.05) is 55.8 Å². The molecule has 0 atom stereocenters. The van der Waals surface area contributed by atoms with Crippen LogP contribution in [0.3, 0.4) is 0 Å². The summed E-state index contributed by atoms with van der Waals surface area (Å²) < 4.78 is 28.8. The summed E-state index contributed by atoms with van der Waals surface area (Å²) in [5, 5.41) is 0. The van der Waals surface area contributed by atoms with E-state index in [1.165, 1.54) is 0 Å². The Labute approximate surface area is 157 Å². The van der Waals surface area contributed by atoms with Gasteiger partial charge in [-0.05, 0) is 48.7 Å². The molecule has 2 aromatic carbocycles. The lowest BCUT2D eigenvalue weighted by atomic mass is 9.93. The van der Waals surface area contributed by atoms with Crippen molar-refractivity contribution in [1.82, 2.24) is 14.5 Å². The van der Waals surface area contributed by atoms with Gasteiger partial charge in [0.1, 0.15) is 11.5 Å². The van der Waals surface area contributed by atoms with Crippen LogP contribution < -0.4 is 4.57 Å². The molecular formula is C22H21N4+. The number of para-hydroxylation sites is 2. The SMILES string of the molecule is [2H]C([2H])([2H])c1c(C)c(-c2cc(C)nc[n+]2C)cc2c1Cc1nc3ccccc3n1-2. The molecule has 4 aromatic rings. The van der Waals surface area contributed by atoms with E-state index in [1.54, 1.807) is 6.33 Å². The van der Waals surface area contributed by atoms with Gasteiger partial charge in [0.2, 0.25) is 0 Å². The summed E-state index contributed by atoms with van der Waals surface area (Å²) in [4.78, 5) is 9.10. The van der Waals surface area contributed by atoms with Crippen molar-refractivity contribution >= 4 is 11.0 Å². The molecule has 0 aliphatic carbocycles. The molecule has 4 nitrogen and oxygen atoms in total. The molecule has 0 bridgehead atoms. The number of imidazole rings is 1. The fraction of sp³-hybridized carbons (Fsp3) is 0.227. The van der Waals surface area contributed by atoms with E-state index in [-0.39, 0.29) is 0 Å². The Morgan fingerprint density at radius 1 is 1.15 bits per heavy atom. The van der Waals surface area contributed by atoms with Gasteiger partial charge in [0.05, 0.1) is 23.8 Å². The molecule has 5 rings (SSSR count). The van der Waals surface area contributed by atoms with Crippen molar-refractivity contribution in [3.63, 3.8) is 0 Å². The van der Waals surface area contributed by atoms with E-state index in [9.17, 15) is 0 Å². The summed E-state index contributed by atoms with van der Waals surface area (Å²) in [5.41, 5.74) is 7.67. The molecule has 0 N–H and O–H groups in total. The van der Waals surface area contributed by atoms with E-state index in [4.69, 9.17) is 9.10 Å². The van der Waals surface area contributed by atoms with Crippen molar-refractivity contribution in [2.75, 3.05) is 0 Å². The number of nitrogens with zero attached hydrogens (tertiary/aromatic N) is 4. The summed E-state index contributed by atoms with van der Waals surface area (Å²) in [7, 11) is 1.93. The minimum absolute atomic E-state index is 0.439. The van der Waals surface area contributed by atoms with Crippen LogP contribution in [0.2, 0.25) is 0 Å². The van der Waals surface area contributed by atoms with Gasteiger partial charge in [0.25, 0.3) is 6.33 Å². The molecule has 1 aliphatic rings. The van der Waals surface area contributed by atoms with Gasteiger partial charge < -0.3 is 0 Å². The van der Waals surface area contributed by atoms with E-state index in [0.717, 1.165) is 50.6 Å². The minimum Gasteiger partial charge on any atom is -0.296 e. The molecule has 0 amide bonds. The fourth-order valence-corrected chi connectivity index (χ4v) is 3.93. The molecule has 2 aromatic heterocycles. The number of rotatable bonds is 1. The first-order chi connectivity index (χ1) is 13.8. The van der Waals surface area contributed by atoms with Crippen LogP contribution in [0.1, 0.15) is 32.3 Å². The molecule has 0 spiro atoms. The Hall–Kier alpha value is -3.01. The number of hydrogen-bond acceptors (Lipinski definition) is 2. The van der Waals surface area contributed by atoms with Crippen LogP contribution in [0.15, 0.2) is 42.7 Å². The Balaban J connectivity index is 1.89. The molecule has 1 aliphatic heterocycles. The van der Waals surface area contributed by atoms with Gasteiger partial charge in [-0.2, -0.15) is 0 Å². The third kappa shape index (κ3) is 1.99. The van der Waals surface area contributed by atoms with Crippen molar-refractivity contribution in [1.29, 1.82) is 0 Å². The number of hydrogen-bond donors (Lipinski definition) is 0. The molecule has 0 saturated heterocycles. The zero-order chi connectivity index (χ0) is 20.5. The maximum absolute atomic E-state index is 8.24. The van der Waals surface area contributed by atoms with Crippen LogP contribution in [0.4, 0.5) is 0 Å². The standard InChI is InChI=1S/C22H21N4/c1-13-9-20(25(4)12-23-13)16-10-21-17(15(3)14(16)2)11-22-24-18-7-5-6-8-19(18)26(21)22/h5-10,12H,11H2,1-4H3/q+1/i3D3. The third-order valence-electron chi connectivity index (χ3n) is 5.31. The smallest absolute Gasteiger partial charge is 0.286 e. The second-order valence-corrected chi connectivity index (χ2v) is 6.98. The molecule has 26 heavy (non-hydrogen) atoms. The van der Waals surface area contributed by atoms with Crippen LogP contribution in [0, 0.1) is 20.7 Å². The first-order valence-electron chi connectivity index (χ1n) is 10.2. The summed E-state index contributed by atoms with van der Waals surface area (Å²) in [5.74, 6) is 0.888. The normalized spacial score (nSPS) is 14.7. The van der Waals surface area contributed by atoms with Crippen LogP contribution in [-0.4, -0.2) is 14.5 Å². The Kier molecular flexibility index (Phi) is 2.49. The quantitative estimate of drug-likeness (QED) is 0.434. The van der Waals surface area contributed by atoms with Gasteiger partial charge in [-0.3, -0.25) is 4.57 Å². The van der Waals surface area contributed by atoms with Crippen molar-refractivity contribution in [2.24, 2.45) is 7.05 Å². The van der Waals surface area contributed by atoms with Crippen LogP contribution in [-0.2, 0) is 13.5 Å². The molecular weight excluding hydrogens is 320 g/mol. The van der Waals surface area contributed by atoms with Gasteiger partial charge in [-0.1, -0.05) is 17.1 Å². The van der Waals surface area contributed by atoms with Gasteiger partial charge in [0, 0.05) is 29.1 Å². The summed E-state index contributed by atoms with van der Waals surface area (Å²) in [6, 6.07) is 12.1. The highest BCUT2D eigenvalue weighted by atomic mass is 15.1. The van der Waals surface area contributed by atoms with Crippen molar-refractivity contribution < 1.29 is 8.68 Å². The third-order valence-corrected chi connectivity index (χ3v) is 5.31. The largest absolute Gasteiger partial charge is 0.296 e. The van der Waals surface area contributed by atoms with E-state index in [2.05, 4.69) is 15.6 Å². The minimum atomic E-state index is -2.20. The van der Waals surface area contributed by atoms with Gasteiger partial charge in [-0.15, -0.1) is 0 Å². The fourth-order valence-electron chi connectivity index (χ4n) is 3.93. The average molecular weight is 344 g/mol. The highest BCUT2D eigenvalue weighted by Crippen LogP contribution is 2.38. The van der Waals surface area contributed by atoms with Gasteiger partial charge in [0.15, 0.2) is 5.69 Å². The number of benzene rings is 2. The van der Waals surface area contributed by atoms with Gasteiger partial charge in [-0.25, -0.2) is 9.55 Å².